The molecule has 0 unspecified atom stereocenters. The topological polar surface area (TPSA) is 64.2 Å². The Labute approximate surface area is 190 Å². The zero-order valence-corrected chi connectivity index (χ0v) is 19.4. The Morgan fingerprint density at radius 3 is 2.41 bits per heavy atom. The maximum atomic E-state index is 13.5. The monoisotopic (exact) mass is 446 g/mol. The van der Waals surface area contributed by atoms with Crippen LogP contribution in [0.15, 0.2) is 24.3 Å². The number of benzene rings is 1. The van der Waals surface area contributed by atoms with Crippen molar-refractivity contribution in [3.8, 4) is 0 Å². The number of rotatable bonds is 5. The number of likely N-dealkylation sites (tertiary alicyclic amines) is 1. The van der Waals surface area contributed by atoms with Gasteiger partial charge in [0.25, 0.3) is 5.91 Å². The Kier molecular flexibility index (Phi) is 8.23. The van der Waals surface area contributed by atoms with Gasteiger partial charge in [0.05, 0.1) is 6.54 Å². The summed E-state index contributed by atoms with van der Waals surface area (Å²) < 4.78 is 13.5. The minimum absolute atomic E-state index is 0.00738. The van der Waals surface area contributed by atoms with Crippen molar-refractivity contribution in [1.82, 2.24) is 19.6 Å². The highest BCUT2D eigenvalue weighted by Crippen LogP contribution is 2.20. The Morgan fingerprint density at radius 1 is 1.03 bits per heavy atom. The fourth-order valence-corrected chi connectivity index (χ4v) is 4.35. The van der Waals surface area contributed by atoms with Gasteiger partial charge < -0.3 is 14.7 Å². The van der Waals surface area contributed by atoms with E-state index in [9.17, 15) is 18.8 Å². The predicted molar refractivity (Wildman–Crippen MR) is 121 cm³/mol. The van der Waals surface area contributed by atoms with Gasteiger partial charge in [-0.25, -0.2) is 4.39 Å². The Balaban J connectivity index is 1.46. The highest BCUT2D eigenvalue weighted by atomic mass is 19.1. The number of hydrogen-bond acceptors (Lipinski definition) is 4. The molecule has 32 heavy (non-hydrogen) atoms. The number of carbonyl (C=O) groups excluding carboxylic acids is 3. The average Bonchev–Trinajstić information content (AvgIpc) is 3.03. The van der Waals surface area contributed by atoms with Gasteiger partial charge in [0, 0.05) is 63.8 Å². The lowest BCUT2D eigenvalue weighted by atomic mass is 9.95. The van der Waals surface area contributed by atoms with Crippen LogP contribution >= 0.6 is 0 Å². The second-order valence-electron chi connectivity index (χ2n) is 9.13. The molecular formula is C24H35FN4O3. The van der Waals surface area contributed by atoms with E-state index in [0.717, 1.165) is 13.0 Å². The summed E-state index contributed by atoms with van der Waals surface area (Å²) in [7, 11) is 1.84. The van der Waals surface area contributed by atoms with Gasteiger partial charge in [-0.15, -0.1) is 0 Å². The maximum Gasteiger partial charge on any atom is 0.254 e. The van der Waals surface area contributed by atoms with Crippen LogP contribution < -0.4 is 0 Å². The van der Waals surface area contributed by atoms with Crippen LogP contribution in [-0.4, -0.2) is 96.2 Å². The van der Waals surface area contributed by atoms with E-state index in [0.29, 0.717) is 57.7 Å². The summed E-state index contributed by atoms with van der Waals surface area (Å²) in [6.45, 7) is 8.02. The normalized spacial score (nSPS) is 18.5. The molecule has 0 aliphatic carbocycles. The van der Waals surface area contributed by atoms with Crippen LogP contribution in [0.4, 0.5) is 4.39 Å². The third-order valence-corrected chi connectivity index (χ3v) is 6.63. The summed E-state index contributed by atoms with van der Waals surface area (Å²) in [5, 5.41) is 0. The number of halogens is 1. The van der Waals surface area contributed by atoms with E-state index >= 15 is 0 Å². The molecule has 0 bridgehead atoms. The van der Waals surface area contributed by atoms with Crippen LogP contribution in [0.3, 0.4) is 0 Å². The molecule has 176 valence electrons. The van der Waals surface area contributed by atoms with Crippen molar-refractivity contribution in [1.29, 1.82) is 0 Å². The Morgan fingerprint density at radius 2 is 1.75 bits per heavy atom. The number of hydrogen-bond donors (Lipinski definition) is 0. The molecular weight excluding hydrogens is 411 g/mol. The fraction of sp³-hybridized carbons (Fsp3) is 0.625. The van der Waals surface area contributed by atoms with Gasteiger partial charge in [-0.05, 0) is 51.3 Å². The van der Waals surface area contributed by atoms with Crippen molar-refractivity contribution in [3.05, 3.63) is 35.6 Å². The first-order valence-electron chi connectivity index (χ1n) is 11.6. The molecule has 1 aromatic rings. The molecule has 8 heteroatoms. The molecule has 2 aliphatic rings. The second kappa shape index (κ2) is 10.9. The van der Waals surface area contributed by atoms with E-state index in [2.05, 4.69) is 4.90 Å². The van der Waals surface area contributed by atoms with Crippen LogP contribution in [0, 0.1) is 11.7 Å². The third-order valence-electron chi connectivity index (χ3n) is 6.63. The zero-order valence-electron chi connectivity index (χ0n) is 19.4. The molecule has 0 aromatic heterocycles. The van der Waals surface area contributed by atoms with E-state index in [4.69, 9.17) is 0 Å². The molecule has 0 radical (unpaired) electrons. The highest BCUT2D eigenvalue weighted by molar-refractivity contribution is 5.94. The van der Waals surface area contributed by atoms with Crippen molar-refractivity contribution in [3.63, 3.8) is 0 Å². The lowest BCUT2D eigenvalue weighted by Crippen LogP contribution is -2.48. The molecule has 2 heterocycles. The minimum atomic E-state index is -0.417. The maximum absolute atomic E-state index is 13.5. The van der Waals surface area contributed by atoms with Crippen molar-refractivity contribution in [2.45, 2.75) is 39.2 Å². The summed E-state index contributed by atoms with van der Waals surface area (Å²) in [6, 6.07) is 5.95. The molecule has 3 amide bonds. The molecule has 0 saturated carbocycles. The molecule has 0 spiro atoms. The summed E-state index contributed by atoms with van der Waals surface area (Å²) in [5.41, 5.74) is 0.357. The van der Waals surface area contributed by atoms with Gasteiger partial charge in [0.1, 0.15) is 5.82 Å². The van der Waals surface area contributed by atoms with Gasteiger partial charge in [-0.1, -0.05) is 6.07 Å². The van der Waals surface area contributed by atoms with E-state index < -0.39 is 5.82 Å². The standard InChI is InChI=1S/C24H35FN4O3/c1-18(2)26(3)23(31)19-8-12-28(13-9-19)22(30)17-27-10-5-11-29(15-14-27)24(32)20-6-4-7-21(25)16-20/h4,6-7,16,18-19H,5,8-15,17H2,1-3H3. The zero-order chi connectivity index (χ0) is 23.3. The van der Waals surface area contributed by atoms with E-state index in [1.54, 1.807) is 21.9 Å². The summed E-state index contributed by atoms with van der Waals surface area (Å²) >= 11 is 0. The van der Waals surface area contributed by atoms with E-state index in [-0.39, 0.29) is 29.7 Å². The SMILES string of the molecule is CC(C)N(C)C(=O)C1CCN(C(=O)CN2CCCN(C(=O)c3cccc(F)c3)CC2)CC1. The van der Waals surface area contributed by atoms with Crippen LogP contribution in [0.1, 0.15) is 43.5 Å². The van der Waals surface area contributed by atoms with E-state index in [1.165, 1.54) is 12.1 Å². The van der Waals surface area contributed by atoms with Crippen LogP contribution in [-0.2, 0) is 9.59 Å². The highest BCUT2D eigenvalue weighted by Gasteiger charge is 2.30. The third kappa shape index (κ3) is 6.06. The molecule has 0 atom stereocenters. The van der Waals surface area contributed by atoms with Crippen LogP contribution in [0.2, 0.25) is 0 Å². The second-order valence-corrected chi connectivity index (χ2v) is 9.13. The van der Waals surface area contributed by atoms with Gasteiger partial charge >= 0.3 is 0 Å². The molecule has 2 saturated heterocycles. The van der Waals surface area contributed by atoms with Crippen molar-refractivity contribution in [2.75, 3.05) is 52.9 Å². The average molecular weight is 447 g/mol. The Bertz CT molecular complexity index is 823. The lowest BCUT2D eigenvalue weighted by molar-refractivity contribution is -0.141. The summed E-state index contributed by atoms with van der Waals surface area (Å²) in [4.78, 5) is 45.5. The minimum Gasteiger partial charge on any atom is -0.343 e. The summed E-state index contributed by atoms with van der Waals surface area (Å²) in [6.07, 6.45) is 2.18. The van der Waals surface area contributed by atoms with Gasteiger partial charge in [0.15, 0.2) is 0 Å². The largest absolute Gasteiger partial charge is 0.343 e. The number of nitrogens with zero attached hydrogens (tertiary/aromatic N) is 4. The quantitative estimate of drug-likeness (QED) is 0.695. The van der Waals surface area contributed by atoms with Gasteiger partial charge in [0.2, 0.25) is 11.8 Å². The first-order chi connectivity index (χ1) is 15.3. The van der Waals surface area contributed by atoms with Gasteiger partial charge in [-0.3, -0.25) is 19.3 Å². The smallest absolute Gasteiger partial charge is 0.254 e. The van der Waals surface area contributed by atoms with Crippen molar-refractivity contribution < 1.29 is 18.8 Å². The van der Waals surface area contributed by atoms with Gasteiger partial charge in [-0.2, -0.15) is 0 Å². The molecule has 1 aromatic carbocycles. The molecule has 2 aliphatic heterocycles. The summed E-state index contributed by atoms with van der Waals surface area (Å²) in [5.74, 6) is -0.345. The number of amides is 3. The van der Waals surface area contributed by atoms with Crippen molar-refractivity contribution in [2.24, 2.45) is 5.92 Å². The molecule has 7 nitrogen and oxygen atoms in total. The molecule has 0 N–H and O–H groups in total. The Hall–Kier alpha value is -2.48. The van der Waals surface area contributed by atoms with Crippen molar-refractivity contribution >= 4 is 17.7 Å². The van der Waals surface area contributed by atoms with Crippen LogP contribution in [0.5, 0.6) is 0 Å². The van der Waals surface area contributed by atoms with Crippen LogP contribution in [0.25, 0.3) is 0 Å². The molecule has 3 rings (SSSR count). The number of piperidine rings is 1. The first kappa shape index (κ1) is 24.2. The number of carbonyl (C=O) groups is 3. The van der Waals surface area contributed by atoms with E-state index in [1.807, 2.05) is 25.8 Å². The predicted octanol–water partition coefficient (Wildman–Crippen LogP) is 2.08. The fourth-order valence-electron chi connectivity index (χ4n) is 4.35. The first-order valence-corrected chi connectivity index (χ1v) is 11.6. The molecule has 2 fully saturated rings. The lowest BCUT2D eigenvalue weighted by Gasteiger charge is -2.35.